The largest absolute Gasteiger partial charge is 0.206 e. The second-order valence-electron chi connectivity index (χ2n) is 7.27. The quantitative estimate of drug-likeness (QED) is 0.164. The molecule has 5 heteroatoms. The molecule has 3 aromatic carbocycles. The van der Waals surface area contributed by atoms with Crippen LogP contribution in [0.4, 0.5) is 18.9 Å². The third-order valence-electron chi connectivity index (χ3n) is 4.84. The minimum Gasteiger partial charge on any atom is -0.206 e. The number of benzene rings is 3. The number of rotatable bonds is 5. The van der Waals surface area contributed by atoms with Crippen LogP contribution in [-0.2, 0) is 0 Å². The number of isothiocyanates is 1. The van der Waals surface area contributed by atoms with E-state index < -0.39 is 17.3 Å². The molecule has 0 aliphatic heterocycles. The summed E-state index contributed by atoms with van der Waals surface area (Å²) >= 11 is 4.39. The van der Waals surface area contributed by atoms with Crippen LogP contribution in [0.15, 0.2) is 59.6 Å². The first-order valence-corrected chi connectivity index (χ1v) is 10.9. The van der Waals surface area contributed by atoms with Crippen LogP contribution in [0.5, 0.6) is 0 Å². The molecule has 0 radical (unpaired) electrons. The monoisotopic (exact) mass is 459 g/mol. The molecule has 0 saturated heterocycles. The number of nitrogens with zero attached hydrogens (tertiary/aromatic N) is 1. The van der Waals surface area contributed by atoms with Gasteiger partial charge in [0.25, 0.3) is 0 Å². The Labute approximate surface area is 197 Å². The number of aliphatic imine (C=N–C) groups is 1. The molecule has 0 heterocycles. The van der Waals surface area contributed by atoms with Crippen molar-refractivity contribution in [3.8, 4) is 34.8 Å². The highest BCUT2D eigenvalue weighted by molar-refractivity contribution is 7.78. The lowest BCUT2D eigenvalue weighted by Gasteiger charge is -2.04. The number of hydrogen-bond acceptors (Lipinski definition) is 2. The standard InChI is InChI=1S/C28H20F3NS/c1-2-3-4-5-6-7-23-14-15-24(18-25(23)29)22-12-10-20(11-13-22)8-9-21-16-26(30)28(32-19-33)27(31)17-21/h10-18H,2-5H2,1H3. The van der Waals surface area contributed by atoms with Crippen LogP contribution < -0.4 is 0 Å². The fourth-order valence-corrected chi connectivity index (χ4v) is 3.19. The summed E-state index contributed by atoms with van der Waals surface area (Å²) < 4.78 is 42.3. The summed E-state index contributed by atoms with van der Waals surface area (Å²) in [7, 11) is 0. The Kier molecular flexibility index (Phi) is 8.62. The molecule has 3 aromatic rings. The fraction of sp³-hybridized carbons (Fsp3) is 0.179. The molecule has 0 aliphatic rings. The summed E-state index contributed by atoms with van der Waals surface area (Å²) in [6.07, 6.45) is 4.04. The third-order valence-corrected chi connectivity index (χ3v) is 4.93. The van der Waals surface area contributed by atoms with Crippen molar-refractivity contribution in [1.82, 2.24) is 0 Å². The highest BCUT2D eigenvalue weighted by atomic mass is 32.1. The molecule has 33 heavy (non-hydrogen) atoms. The fourth-order valence-electron chi connectivity index (χ4n) is 3.10. The second-order valence-corrected chi connectivity index (χ2v) is 7.46. The predicted octanol–water partition coefficient (Wildman–Crippen LogP) is 7.84. The molecule has 0 N–H and O–H groups in total. The van der Waals surface area contributed by atoms with Gasteiger partial charge in [-0.1, -0.05) is 61.6 Å². The summed E-state index contributed by atoms with van der Waals surface area (Å²) in [5.74, 6) is 9.44. The van der Waals surface area contributed by atoms with E-state index in [1.165, 1.54) is 6.07 Å². The number of thiocarbonyl (C=S) groups is 1. The van der Waals surface area contributed by atoms with Gasteiger partial charge in [-0.05, 0) is 66.2 Å². The Morgan fingerprint density at radius 2 is 1.42 bits per heavy atom. The van der Waals surface area contributed by atoms with Gasteiger partial charge in [0.15, 0.2) is 11.6 Å². The first-order chi connectivity index (χ1) is 16.0. The van der Waals surface area contributed by atoms with Gasteiger partial charge in [-0.15, -0.1) is 0 Å². The van der Waals surface area contributed by atoms with Crippen molar-refractivity contribution in [2.45, 2.75) is 32.6 Å². The molecular formula is C28H20F3NS. The second kappa shape index (κ2) is 11.8. The summed E-state index contributed by atoms with van der Waals surface area (Å²) in [5.41, 5.74) is 2.27. The predicted molar refractivity (Wildman–Crippen MR) is 130 cm³/mol. The molecule has 0 atom stereocenters. The highest BCUT2D eigenvalue weighted by Crippen LogP contribution is 2.24. The first-order valence-electron chi connectivity index (χ1n) is 10.5. The van der Waals surface area contributed by atoms with E-state index in [1.807, 2.05) is 23.4 Å². The smallest absolute Gasteiger partial charge is 0.153 e. The third kappa shape index (κ3) is 6.67. The Hall–Kier alpha value is -3.63. The van der Waals surface area contributed by atoms with Gasteiger partial charge in [-0.25, -0.2) is 13.2 Å². The van der Waals surface area contributed by atoms with E-state index in [-0.39, 0.29) is 11.4 Å². The van der Waals surface area contributed by atoms with E-state index in [9.17, 15) is 13.2 Å². The van der Waals surface area contributed by atoms with Crippen molar-refractivity contribution < 1.29 is 13.2 Å². The number of halogens is 3. The summed E-state index contributed by atoms with van der Waals surface area (Å²) in [6.45, 7) is 2.13. The Balaban J connectivity index is 1.74. The van der Waals surface area contributed by atoms with Gasteiger partial charge < -0.3 is 0 Å². The zero-order valence-corrected chi connectivity index (χ0v) is 18.8. The van der Waals surface area contributed by atoms with Crippen LogP contribution in [0.3, 0.4) is 0 Å². The SMILES string of the molecule is CCCCCC#Cc1ccc(-c2ccc(C#Cc3cc(F)c(N=C=S)c(F)c3)cc2)cc1F. The van der Waals surface area contributed by atoms with Gasteiger partial charge in [0.1, 0.15) is 11.5 Å². The minimum absolute atomic E-state index is 0.172. The lowest BCUT2D eigenvalue weighted by atomic mass is 10.0. The molecule has 0 amide bonds. The van der Waals surface area contributed by atoms with Gasteiger partial charge in [0.2, 0.25) is 0 Å². The number of hydrogen-bond donors (Lipinski definition) is 0. The Bertz CT molecular complexity index is 1290. The summed E-state index contributed by atoms with van der Waals surface area (Å²) in [4.78, 5) is 3.37. The van der Waals surface area contributed by atoms with Crippen molar-refractivity contribution in [1.29, 1.82) is 0 Å². The van der Waals surface area contributed by atoms with Crippen molar-refractivity contribution in [3.63, 3.8) is 0 Å². The topological polar surface area (TPSA) is 12.4 Å². The van der Waals surface area contributed by atoms with E-state index in [0.717, 1.165) is 48.9 Å². The van der Waals surface area contributed by atoms with Crippen LogP contribution in [0.2, 0.25) is 0 Å². The highest BCUT2D eigenvalue weighted by Gasteiger charge is 2.09. The normalized spacial score (nSPS) is 9.82. The molecular weight excluding hydrogens is 439 g/mol. The van der Waals surface area contributed by atoms with Crippen LogP contribution in [0.25, 0.3) is 11.1 Å². The zero-order chi connectivity index (χ0) is 23.6. The van der Waals surface area contributed by atoms with Gasteiger partial charge >= 0.3 is 0 Å². The van der Waals surface area contributed by atoms with E-state index in [4.69, 9.17) is 0 Å². The zero-order valence-electron chi connectivity index (χ0n) is 18.0. The summed E-state index contributed by atoms with van der Waals surface area (Å²) in [5, 5.41) is 1.95. The Morgan fingerprint density at radius 1 is 0.758 bits per heavy atom. The maximum atomic E-state index is 14.4. The van der Waals surface area contributed by atoms with Gasteiger partial charge in [0.05, 0.1) is 10.7 Å². The van der Waals surface area contributed by atoms with Gasteiger partial charge in [0, 0.05) is 17.5 Å². The lowest BCUT2D eigenvalue weighted by molar-refractivity contribution is 0.587. The molecule has 1 nitrogen and oxygen atoms in total. The average Bonchev–Trinajstić information content (AvgIpc) is 2.81. The van der Waals surface area contributed by atoms with Crippen molar-refractivity contribution >= 4 is 23.1 Å². The van der Waals surface area contributed by atoms with Gasteiger partial charge in [-0.3, -0.25) is 0 Å². The van der Waals surface area contributed by atoms with Crippen LogP contribution in [0, 0.1) is 41.1 Å². The number of unbranched alkanes of at least 4 members (excludes halogenated alkanes) is 3. The van der Waals surface area contributed by atoms with Crippen molar-refractivity contribution in [2.75, 3.05) is 0 Å². The first kappa shape index (κ1) is 24.0. The van der Waals surface area contributed by atoms with Crippen LogP contribution >= 0.6 is 12.2 Å². The summed E-state index contributed by atoms with van der Waals surface area (Å²) in [6, 6.07) is 14.3. The molecule has 0 fully saturated rings. The van der Waals surface area contributed by atoms with E-state index in [1.54, 1.807) is 18.2 Å². The Morgan fingerprint density at radius 3 is 2.06 bits per heavy atom. The van der Waals surface area contributed by atoms with E-state index in [2.05, 4.69) is 47.8 Å². The molecule has 0 bridgehead atoms. The van der Waals surface area contributed by atoms with Crippen molar-refractivity contribution in [2.24, 2.45) is 4.99 Å². The van der Waals surface area contributed by atoms with E-state index >= 15 is 0 Å². The minimum atomic E-state index is -0.858. The molecule has 0 unspecified atom stereocenters. The van der Waals surface area contributed by atoms with Crippen molar-refractivity contribution in [3.05, 3.63) is 88.7 Å². The molecule has 0 spiro atoms. The maximum Gasteiger partial charge on any atom is 0.153 e. The van der Waals surface area contributed by atoms with E-state index in [0.29, 0.717) is 11.1 Å². The lowest BCUT2D eigenvalue weighted by Crippen LogP contribution is -1.87. The van der Waals surface area contributed by atoms with Crippen LogP contribution in [0.1, 0.15) is 49.3 Å². The maximum absolute atomic E-state index is 14.4. The molecule has 0 aromatic heterocycles. The molecule has 0 saturated carbocycles. The average molecular weight is 460 g/mol. The molecule has 3 rings (SSSR count). The molecule has 0 aliphatic carbocycles. The molecule has 164 valence electrons. The van der Waals surface area contributed by atoms with Gasteiger partial charge in [-0.2, -0.15) is 4.99 Å². The van der Waals surface area contributed by atoms with Crippen LogP contribution in [-0.4, -0.2) is 5.16 Å².